The fourth-order valence-corrected chi connectivity index (χ4v) is 6.97. The van der Waals surface area contributed by atoms with Crippen molar-refractivity contribution in [2.75, 3.05) is 0 Å². The maximum atomic E-state index is 11.5. The number of benzene rings is 10. The second-order valence-electron chi connectivity index (χ2n) is 17.8. The molecule has 13 nitrogen and oxygen atoms in total. The van der Waals surface area contributed by atoms with Gasteiger partial charge in [-0.2, -0.15) is 0 Å². The van der Waals surface area contributed by atoms with Crippen LogP contribution in [0.15, 0.2) is 265 Å². The zero-order chi connectivity index (χ0) is 65.9. The Balaban J connectivity index is 0.000000546. The van der Waals surface area contributed by atoms with Gasteiger partial charge in [-0.3, -0.25) is 14.4 Å². The van der Waals surface area contributed by atoms with Crippen LogP contribution in [0.1, 0.15) is 62.9 Å². The number of phenols is 5. The van der Waals surface area contributed by atoms with Crippen molar-refractivity contribution in [3.63, 3.8) is 0 Å². The second kappa shape index (κ2) is 48.8. The number of Topliss-reactive ketones (excluding diaryl/α,β-unsaturated/α-hetero) is 1. The van der Waals surface area contributed by atoms with Gasteiger partial charge in [0.25, 0.3) is 0 Å². The molecule has 0 atom stereocenters. The quantitative estimate of drug-likeness (QED) is 0.0172. The van der Waals surface area contributed by atoms with Gasteiger partial charge in [-0.15, -0.1) is 0 Å². The van der Waals surface area contributed by atoms with E-state index in [0.717, 1.165) is 33.7 Å². The standard InChI is InChI=1S/2C15H14O3.C14H14O2.C12H10O2.C6H5Br.C6H6O2.C3H5ClO.CH3.Al.3ClH.Zn/c1-2-15(16)18-14-10-6-9-13(11-14)17-12-7-4-3-5-8-12;1-2-14(16)13-9-8-12(10-15(13)17)18-11-6-4-3-5-7-11;1-2-11-8-9-13(10-14(11)15)16-12-6-4-3-5-7-12;13-10-5-4-8-12(9-10)14-11-6-2-1-3-7-11;7-6-4-2-1-3-5-6;7-5-2-1-3-6(8)4-5;1-2-3(4)5;;;;;;/h3-11H,2H2,1H3;3-10,17H,2H2,1H3;3-10,15H,2H2,1H3;1-9,13H;1-5H;1-4,7-8H;2H2,1H3;1H3;;3*1H;/q;;;;;;;-1;+3;;;;/p-3. The number of esters is 1. The average Bonchev–Trinajstić information content (AvgIpc) is 2.11. The minimum absolute atomic E-state index is 0. The Kier molecular flexibility index (Phi) is 43.5. The molecule has 0 amide bonds. The minimum Gasteiger partial charge on any atom is -0.508 e. The van der Waals surface area contributed by atoms with Crippen molar-refractivity contribution in [3.8, 4) is 80.5 Å². The van der Waals surface area contributed by atoms with E-state index in [4.69, 9.17) is 75.6 Å². The summed E-state index contributed by atoms with van der Waals surface area (Å²) in [5.41, 5.74) is 1.26. The molecule has 478 valence electrons. The smallest absolute Gasteiger partial charge is 0.508 e. The van der Waals surface area contributed by atoms with Crippen molar-refractivity contribution in [2.45, 2.75) is 53.4 Å². The summed E-state index contributed by atoms with van der Waals surface area (Å²) < 4.78 is 28.6. The molecule has 0 bridgehead atoms. The van der Waals surface area contributed by atoms with Crippen molar-refractivity contribution in [1.29, 1.82) is 0 Å². The van der Waals surface area contributed by atoms with E-state index in [1.807, 2.05) is 177 Å². The number of halogens is 5. The predicted molar refractivity (Wildman–Crippen MR) is 372 cm³/mol. The van der Waals surface area contributed by atoms with Crippen molar-refractivity contribution < 1.29 is 83.1 Å². The van der Waals surface area contributed by atoms with Crippen LogP contribution < -0.4 is 23.7 Å². The fourth-order valence-electron chi connectivity index (χ4n) is 6.67. The van der Waals surface area contributed by atoms with Gasteiger partial charge in [0.2, 0.25) is 5.24 Å². The van der Waals surface area contributed by atoms with Crippen LogP contribution in [0.4, 0.5) is 0 Å². The Morgan fingerprint density at radius 3 is 1.03 bits per heavy atom. The molecule has 0 spiro atoms. The summed E-state index contributed by atoms with van der Waals surface area (Å²) in [5.74, 6) is 6.18. The van der Waals surface area contributed by atoms with E-state index in [0.29, 0.717) is 59.3 Å². The third kappa shape index (κ3) is 37.4. The van der Waals surface area contributed by atoms with E-state index in [2.05, 4.69) is 15.9 Å². The number of ether oxygens (including phenoxy) is 5. The zero-order valence-corrected chi connectivity index (χ0v) is 60.1. The van der Waals surface area contributed by atoms with E-state index in [1.165, 1.54) is 24.3 Å². The van der Waals surface area contributed by atoms with Gasteiger partial charge in [0, 0.05) is 73.5 Å². The van der Waals surface area contributed by atoms with Crippen LogP contribution in [0.3, 0.4) is 0 Å². The molecule has 0 saturated carbocycles. The second-order valence-corrected chi connectivity index (χ2v) is 25.6. The molecule has 0 unspecified atom stereocenters. The number of hydrogen-bond acceptors (Lipinski definition) is 13. The molecule has 10 aromatic rings. The summed E-state index contributed by atoms with van der Waals surface area (Å²) in [6.45, 7) is 7.24. The molecule has 20 heteroatoms. The first-order valence-corrected chi connectivity index (χ1v) is 34.2. The Morgan fingerprint density at radius 1 is 0.391 bits per heavy atom. The van der Waals surface area contributed by atoms with Gasteiger partial charge in [0.05, 0.1) is 5.56 Å². The summed E-state index contributed by atoms with van der Waals surface area (Å²) in [4.78, 5) is 32.3. The molecule has 0 radical (unpaired) electrons. The third-order valence-electron chi connectivity index (χ3n) is 10.9. The van der Waals surface area contributed by atoms with Crippen molar-refractivity contribution in [2.24, 2.45) is 0 Å². The Labute approximate surface area is 582 Å². The fraction of sp³-hybridized carbons (Fsp3) is 0.111. The summed E-state index contributed by atoms with van der Waals surface area (Å²) in [6.07, 6.45) is 1.97. The first-order chi connectivity index (χ1) is 43.3. The first kappa shape index (κ1) is 82.0. The van der Waals surface area contributed by atoms with Gasteiger partial charge < -0.3 is 56.6 Å². The molecule has 0 aliphatic rings. The summed E-state index contributed by atoms with van der Waals surface area (Å²) >= 11 is 6.41. The maximum Gasteiger partial charge on any atom is 0.643 e. The number of carbonyl (C=O) groups excluding carboxylic acids is 3. The number of hydrogen-bond donors (Lipinski definition) is 5. The molecule has 10 rings (SSSR count). The maximum absolute atomic E-state index is 11.5. The van der Waals surface area contributed by atoms with Crippen LogP contribution in [-0.4, -0.2) is 53.9 Å². The van der Waals surface area contributed by atoms with Gasteiger partial charge >= 0.3 is 17.4 Å². The molecular weight excluding hydrogens is 1390 g/mol. The normalized spacial score (nSPS) is 9.27. The van der Waals surface area contributed by atoms with Crippen LogP contribution in [0, 0.1) is 7.43 Å². The van der Waals surface area contributed by atoms with Gasteiger partial charge in [-0.1, -0.05) is 159 Å². The monoisotopic (exact) mass is 1450 g/mol. The molecule has 0 heterocycles. The number of para-hydroxylation sites is 4. The molecule has 92 heavy (non-hydrogen) atoms. The summed E-state index contributed by atoms with van der Waals surface area (Å²) in [5, 5.41) is 45.7. The number of aryl methyl sites for hydroxylation is 1. The Bertz CT molecular complexity index is 3610. The SMILES string of the molecule is Brc1ccccc1.CCC(=O)Cl.CCC(=O)Oc1cccc(Oc2ccccc2)c1.CCC(=O)c1ccc(Oc2ccccc2)cc1O.CCc1ccc(Oc2ccccc2)cc1O.Oc1cccc(O)c1.Oc1cccc(Oc2ccccc2)c1.[CH3-].[Cl][Al]([Cl])[Cl].[Zn]. The molecule has 0 aromatic heterocycles. The van der Waals surface area contributed by atoms with Crippen LogP contribution in [0.5, 0.6) is 80.5 Å². The molecular formula is C72H71AlBrCl4O13Zn-. The molecule has 0 aliphatic carbocycles. The van der Waals surface area contributed by atoms with Crippen LogP contribution in [0.25, 0.3) is 0 Å². The number of carbonyl (C=O) groups is 3. The Morgan fingerprint density at radius 2 is 0.717 bits per heavy atom. The van der Waals surface area contributed by atoms with E-state index in [-0.39, 0.29) is 72.6 Å². The largest absolute Gasteiger partial charge is 0.643 e. The molecule has 0 aliphatic heterocycles. The van der Waals surface area contributed by atoms with E-state index < -0.39 is 11.4 Å². The van der Waals surface area contributed by atoms with Crippen LogP contribution in [-0.2, 0) is 35.5 Å². The van der Waals surface area contributed by atoms with Crippen molar-refractivity contribution in [1.82, 2.24) is 0 Å². The van der Waals surface area contributed by atoms with Gasteiger partial charge in [-0.25, -0.2) is 30.1 Å². The topological polar surface area (TPSA) is 199 Å². The number of phenolic OH excluding ortho intramolecular Hbond substituents is 5. The van der Waals surface area contributed by atoms with Crippen molar-refractivity contribution >= 4 is 86.1 Å². The zero-order valence-electron chi connectivity index (χ0n) is 51.3. The third-order valence-corrected chi connectivity index (χ3v) is 11.7. The van der Waals surface area contributed by atoms with E-state index in [1.54, 1.807) is 87.5 Å². The van der Waals surface area contributed by atoms with E-state index >= 15 is 0 Å². The molecule has 0 saturated heterocycles. The van der Waals surface area contributed by atoms with Crippen molar-refractivity contribution in [3.05, 3.63) is 284 Å². The number of ketones is 1. The molecule has 0 fully saturated rings. The van der Waals surface area contributed by atoms with E-state index in [9.17, 15) is 29.7 Å². The summed E-state index contributed by atoms with van der Waals surface area (Å²) in [7, 11) is 14.8. The van der Waals surface area contributed by atoms with Gasteiger partial charge in [-0.05, 0) is 139 Å². The first-order valence-electron chi connectivity index (χ1n) is 27.8. The molecule has 5 N–H and O–H groups in total. The van der Waals surface area contributed by atoms with Gasteiger partial charge in [0.15, 0.2) is 5.78 Å². The van der Waals surface area contributed by atoms with Gasteiger partial charge in [0.1, 0.15) is 80.5 Å². The minimum atomic E-state index is -1.72. The predicted octanol–water partition coefficient (Wildman–Crippen LogP) is 21.3. The number of aromatic hydroxyl groups is 5. The average molecular weight is 1460 g/mol. The van der Waals surface area contributed by atoms with Crippen LogP contribution >= 0.6 is 57.7 Å². The molecule has 10 aromatic carbocycles. The van der Waals surface area contributed by atoms with Crippen LogP contribution in [0.2, 0.25) is 0 Å². The Hall–Kier alpha value is -7.99. The summed E-state index contributed by atoms with van der Waals surface area (Å²) in [6, 6.07) is 77.4. The number of rotatable bonds is 14.